The molecule has 1 aromatic carbocycles. The Labute approximate surface area is 149 Å². The topological polar surface area (TPSA) is 59.2 Å². The number of hydrogen-bond donors (Lipinski definition) is 0. The number of amides is 1. The maximum absolute atomic E-state index is 12.5. The number of aromatic nitrogens is 2. The van der Waals surface area contributed by atoms with Gasteiger partial charge in [0.15, 0.2) is 0 Å². The second kappa shape index (κ2) is 8.28. The molecule has 1 aliphatic heterocycles. The summed E-state index contributed by atoms with van der Waals surface area (Å²) in [6.07, 6.45) is 6.98. The van der Waals surface area contributed by atoms with E-state index in [-0.39, 0.29) is 11.9 Å². The van der Waals surface area contributed by atoms with Crippen molar-refractivity contribution in [1.82, 2.24) is 15.0 Å². The lowest BCUT2D eigenvalue weighted by Crippen LogP contribution is -2.30. The summed E-state index contributed by atoms with van der Waals surface area (Å²) in [4.78, 5) is 19.0. The summed E-state index contributed by atoms with van der Waals surface area (Å²) in [6.45, 7) is 5.02. The molecule has 134 valence electrons. The van der Waals surface area contributed by atoms with Crippen molar-refractivity contribution in [2.75, 3.05) is 6.54 Å². The number of carbonyl (C=O) groups is 1. The van der Waals surface area contributed by atoms with Gasteiger partial charge in [-0.1, -0.05) is 61.2 Å². The Morgan fingerprint density at radius 2 is 2.04 bits per heavy atom. The fraction of sp³-hybridized carbons (Fsp3) is 0.550. The Bertz CT molecular complexity index is 693. The number of benzene rings is 1. The van der Waals surface area contributed by atoms with Crippen LogP contribution in [-0.4, -0.2) is 27.5 Å². The summed E-state index contributed by atoms with van der Waals surface area (Å²) in [7, 11) is 0. The van der Waals surface area contributed by atoms with Crippen LogP contribution in [0.3, 0.4) is 0 Å². The molecule has 0 radical (unpaired) electrons. The van der Waals surface area contributed by atoms with E-state index in [2.05, 4.69) is 17.1 Å². The van der Waals surface area contributed by atoms with Crippen molar-refractivity contribution in [1.29, 1.82) is 0 Å². The number of likely N-dealkylation sites (tertiary alicyclic amines) is 1. The number of nitrogens with zero attached hydrogens (tertiary/aromatic N) is 3. The van der Waals surface area contributed by atoms with Gasteiger partial charge in [0.25, 0.3) is 0 Å². The molecule has 0 bridgehead atoms. The average molecular weight is 341 g/mol. The Hall–Kier alpha value is -2.17. The number of aryl methyl sites for hydroxylation is 1. The maximum atomic E-state index is 12.5. The summed E-state index contributed by atoms with van der Waals surface area (Å²) in [5.74, 6) is 1.38. The Morgan fingerprint density at radius 1 is 1.24 bits per heavy atom. The highest BCUT2D eigenvalue weighted by Crippen LogP contribution is 2.32. The molecular weight excluding hydrogens is 314 g/mol. The van der Waals surface area contributed by atoms with E-state index in [0.717, 1.165) is 37.8 Å². The van der Waals surface area contributed by atoms with Gasteiger partial charge in [0.05, 0.1) is 0 Å². The monoisotopic (exact) mass is 341 g/mol. The van der Waals surface area contributed by atoms with Gasteiger partial charge in [-0.3, -0.25) is 4.79 Å². The minimum absolute atomic E-state index is 0.0645. The molecule has 0 unspecified atom stereocenters. The van der Waals surface area contributed by atoms with E-state index >= 15 is 0 Å². The van der Waals surface area contributed by atoms with Gasteiger partial charge in [0.2, 0.25) is 17.6 Å². The SMILES string of the molecule is CCCCCCC(=O)N1CCC[C@H]1c1nc(-c2ccc(C)cc2)no1. The smallest absolute Gasteiger partial charge is 0.249 e. The molecule has 2 aromatic rings. The first kappa shape index (κ1) is 17.6. The van der Waals surface area contributed by atoms with Gasteiger partial charge >= 0.3 is 0 Å². The van der Waals surface area contributed by atoms with Crippen LogP contribution in [0.5, 0.6) is 0 Å². The standard InChI is InChI=1S/C20H27N3O2/c1-3-4-5-6-9-18(24)23-14-7-8-17(23)20-21-19(22-25-20)16-12-10-15(2)11-13-16/h10-13,17H,3-9,14H2,1-2H3/t17-/m0/s1. The third-order valence-electron chi connectivity index (χ3n) is 4.85. The molecule has 0 saturated carbocycles. The summed E-state index contributed by atoms with van der Waals surface area (Å²) in [5, 5.41) is 4.12. The van der Waals surface area contributed by atoms with E-state index in [9.17, 15) is 4.79 Å². The molecule has 0 aliphatic carbocycles. The van der Waals surface area contributed by atoms with Crippen LogP contribution in [0.25, 0.3) is 11.4 Å². The fourth-order valence-corrected chi connectivity index (χ4v) is 3.36. The van der Waals surface area contributed by atoms with Crippen LogP contribution < -0.4 is 0 Å². The van der Waals surface area contributed by atoms with Gasteiger partial charge < -0.3 is 9.42 Å². The zero-order chi connectivity index (χ0) is 17.6. The van der Waals surface area contributed by atoms with Crippen LogP contribution in [0.2, 0.25) is 0 Å². The minimum atomic E-state index is -0.0645. The fourth-order valence-electron chi connectivity index (χ4n) is 3.36. The van der Waals surface area contributed by atoms with Crippen LogP contribution in [0.4, 0.5) is 0 Å². The predicted molar refractivity (Wildman–Crippen MR) is 96.9 cm³/mol. The highest BCUT2D eigenvalue weighted by molar-refractivity contribution is 5.76. The van der Waals surface area contributed by atoms with Crippen molar-refractivity contribution in [3.8, 4) is 11.4 Å². The van der Waals surface area contributed by atoms with Crippen molar-refractivity contribution in [3.05, 3.63) is 35.7 Å². The van der Waals surface area contributed by atoms with E-state index in [4.69, 9.17) is 4.52 Å². The second-order valence-corrected chi connectivity index (χ2v) is 6.88. The third kappa shape index (κ3) is 4.27. The van der Waals surface area contributed by atoms with Crippen LogP contribution in [0.15, 0.2) is 28.8 Å². The summed E-state index contributed by atoms with van der Waals surface area (Å²) in [5.41, 5.74) is 2.14. The predicted octanol–water partition coefficient (Wildman–Crippen LogP) is 4.68. The molecule has 1 aromatic heterocycles. The molecule has 0 N–H and O–H groups in total. The molecule has 25 heavy (non-hydrogen) atoms. The molecule has 1 atom stereocenters. The van der Waals surface area contributed by atoms with E-state index in [1.54, 1.807) is 0 Å². The Kier molecular flexibility index (Phi) is 5.84. The highest BCUT2D eigenvalue weighted by atomic mass is 16.5. The normalized spacial score (nSPS) is 17.2. The van der Waals surface area contributed by atoms with Gasteiger partial charge in [-0.25, -0.2) is 0 Å². The van der Waals surface area contributed by atoms with Gasteiger partial charge in [-0.15, -0.1) is 0 Å². The van der Waals surface area contributed by atoms with Crippen molar-refractivity contribution in [3.63, 3.8) is 0 Å². The molecule has 1 amide bonds. The maximum Gasteiger partial charge on any atom is 0.249 e. The molecule has 2 heterocycles. The molecule has 3 rings (SSSR count). The quantitative estimate of drug-likeness (QED) is 0.686. The molecule has 1 aliphatic rings. The van der Waals surface area contributed by atoms with Crippen molar-refractivity contribution < 1.29 is 9.32 Å². The molecule has 1 saturated heterocycles. The van der Waals surface area contributed by atoms with Crippen molar-refractivity contribution in [2.45, 2.75) is 64.8 Å². The van der Waals surface area contributed by atoms with Crippen LogP contribution >= 0.6 is 0 Å². The second-order valence-electron chi connectivity index (χ2n) is 6.88. The van der Waals surface area contributed by atoms with Crippen LogP contribution in [0, 0.1) is 6.92 Å². The largest absolute Gasteiger partial charge is 0.337 e. The highest BCUT2D eigenvalue weighted by Gasteiger charge is 2.33. The molecule has 0 spiro atoms. The Morgan fingerprint density at radius 3 is 2.80 bits per heavy atom. The number of rotatable bonds is 7. The summed E-state index contributed by atoms with van der Waals surface area (Å²) < 4.78 is 5.50. The van der Waals surface area contributed by atoms with Gasteiger partial charge in [-0.2, -0.15) is 4.98 Å². The Balaban J connectivity index is 1.66. The molecule has 5 heteroatoms. The molecule has 5 nitrogen and oxygen atoms in total. The van der Waals surface area contributed by atoms with Gasteiger partial charge in [0.1, 0.15) is 6.04 Å². The van der Waals surface area contributed by atoms with Crippen LogP contribution in [0.1, 0.15) is 69.4 Å². The lowest BCUT2D eigenvalue weighted by atomic mass is 10.1. The number of carbonyl (C=O) groups excluding carboxylic acids is 1. The first-order chi connectivity index (χ1) is 12.2. The first-order valence-electron chi connectivity index (χ1n) is 9.39. The summed E-state index contributed by atoms with van der Waals surface area (Å²) in [6, 6.07) is 8.00. The van der Waals surface area contributed by atoms with Gasteiger partial charge in [0, 0.05) is 18.5 Å². The van der Waals surface area contributed by atoms with E-state index in [1.165, 1.54) is 18.4 Å². The zero-order valence-corrected chi connectivity index (χ0v) is 15.2. The number of unbranched alkanes of at least 4 members (excludes halogenated alkanes) is 3. The third-order valence-corrected chi connectivity index (χ3v) is 4.85. The zero-order valence-electron chi connectivity index (χ0n) is 15.2. The number of hydrogen-bond acceptors (Lipinski definition) is 4. The lowest BCUT2D eigenvalue weighted by molar-refractivity contribution is -0.132. The molecular formula is C20H27N3O2. The van der Waals surface area contributed by atoms with E-state index in [0.29, 0.717) is 18.1 Å². The lowest BCUT2D eigenvalue weighted by Gasteiger charge is -2.21. The van der Waals surface area contributed by atoms with E-state index < -0.39 is 0 Å². The van der Waals surface area contributed by atoms with Crippen molar-refractivity contribution in [2.24, 2.45) is 0 Å². The first-order valence-corrected chi connectivity index (χ1v) is 9.39. The van der Waals surface area contributed by atoms with Gasteiger partial charge in [-0.05, 0) is 26.2 Å². The minimum Gasteiger partial charge on any atom is -0.337 e. The van der Waals surface area contributed by atoms with E-state index in [1.807, 2.05) is 36.1 Å². The molecule has 1 fully saturated rings. The summed E-state index contributed by atoms with van der Waals surface area (Å²) >= 11 is 0. The van der Waals surface area contributed by atoms with Crippen LogP contribution in [-0.2, 0) is 4.79 Å². The average Bonchev–Trinajstić information content (AvgIpc) is 3.28. The van der Waals surface area contributed by atoms with Crippen molar-refractivity contribution >= 4 is 5.91 Å².